The van der Waals surface area contributed by atoms with Crippen molar-refractivity contribution >= 4 is 17.2 Å². The number of fused-ring (bicyclic) bond motifs is 1. The molecule has 5 heteroatoms. The van der Waals surface area contributed by atoms with E-state index in [1.54, 1.807) is 11.3 Å². The number of nitrogens with zero attached hydrogens (tertiary/aromatic N) is 2. The summed E-state index contributed by atoms with van der Waals surface area (Å²) in [6, 6.07) is 0. The molecule has 1 N–H and O–H groups in total. The number of hydrogen-bond donors (Lipinski definition) is 1. The molecule has 0 aliphatic carbocycles. The summed E-state index contributed by atoms with van der Waals surface area (Å²) in [4.78, 5) is 20.3. The van der Waals surface area contributed by atoms with Gasteiger partial charge in [-0.1, -0.05) is 12.8 Å². The zero-order chi connectivity index (χ0) is 13.1. The van der Waals surface area contributed by atoms with Crippen LogP contribution in [0.4, 0.5) is 0 Å². The minimum Gasteiger partial charge on any atom is -0.342 e. The molecule has 1 aromatic rings. The van der Waals surface area contributed by atoms with E-state index in [2.05, 4.69) is 10.3 Å². The average Bonchev–Trinajstić information content (AvgIpc) is 2.63. The molecule has 1 saturated heterocycles. The van der Waals surface area contributed by atoms with Gasteiger partial charge in [-0.3, -0.25) is 4.79 Å². The molecule has 0 aromatic carbocycles. The zero-order valence-corrected chi connectivity index (χ0v) is 12.1. The molecule has 2 aliphatic heterocycles. The minimum atomic E-state index is 0.265. The largest absolute Gasteiger partial charge is 0.342 e. The van der Waals surface area contributed by atoms with Gasteiger partial charge in [0, 0.05) is 37.5 Å². The van der Waals surface area contributed by atoms with Gasteiger partial charge in [-0.15, -0.1) is 11.3 Å². The summed E-state index contributed by atoms with van der Waals surface area (Å²) < 4.78 is 0. The molecule has 1 aromatic heterocycles. The molecule has 1 amide bonds. The number of carbonyl (C=O) groups is 1. The number of rotatable bonds is 2. The Morgan fingerprint density at radius 3 is 2.79 bits per heavy atom. The van der Waals surface area contributed by atoms with E-state index in [4.69, 9.17) is 0 Å². The highest BCUT2D eigenvalue weighted by Gasteiger charge is 2.20. The fraction of sp³-hybridized carbons (Fsp3) is 0.714. The van der Waals surface area contributed by atoms with Crippen LogP contribution in [0.3, 0.4) is 0 Å². The van der Waals surface area contributed by atoms with Crippen molar-refractivity contribution in [3.05, 3.63) is 15.6 Å². The van der Waals surface area contributed by atoms with E-state index in [-0.39, 0.29) is 5.91 Å². The maximum Gasteiger partial charge on any atom is 0.229 e. The Kier molecular flexibility index (Phi) is 4.13. The molecule has 0 bridgehead atoms. The van der Waals surface area contributed by atoms with Gasteiger partial charge in [-0.2, -0.15) is 0 Å². The van der Waals surface area contributed by atoms with E-state index in [0.717, 1.165) is 50.4 Å². The van der Waals surface area contributed by atoms with Crippen LogP contribution in [0.2, 0.25) is 0 Å². The van der Waals surface area contributed by atoms with E-state index in [0.29, 0.717) is 6.42 Å². The van der Waals surface area contributed by atoms with Gasteiger partial charge < -0.3 is 10.2 Å². The Bertz CT molecular complexity index is 426. The normalized spacial score (nSPS) is 19.9. The van der Waals surface area contributed by atoms with Gasteiger partial charge in [-0.05, 0) is 12.8 Å². The number of likely N-dealkylation sites (tertiary alicyclic amines) is 1. The SMILES string of the molecule is O=C(Cc1nc2c(s1)CNCC2)N1CCCCCC1. The third kappa shape index (κ3) is 3.15. The van der Waals surface area contributed by atoms with Crippen molar-refractivity contribution in [2.45, 2.75) is 45.1 Å². The first-order valence-electron chi connectivity index (χ1n) is 7.29. The summed E-state index contributed by atoms with van der Waals surface area (Å²) >= 11 is 1.71. The molecule has 104 valence electrons. The van der Waals surface area contributed by atoms with Crippen LogP contribution < -0.4 is 5.32 Å². The number of hydrogen-bond acceptors (Lipinski definition) is 4. The lowest BCUT2D eigenvalue weighted by atomic mass is 10.2. The van der Waals surface area contributed by atoms with Gasteiger partial charge >= 0.3 is 0 Å². The first-order chi connectivity index (χ1) is 9.33. The van der Waals surface area contributed by atoms with Crippen LogP contribution in [0.25, 0.3) is 0 Å². The van der Waals surface area contributed by atoms with Crippen molar-refractivity contribution in [1.29, 1.82) is 0 Å². The fourth-order valence-electron chi connectivity index (χ4n) is 2.82. The van der Waals surface area contributed by atoms with E-state index in [9.17, 15) is 4.79 Å². The first-order valence-corrected chi connectivity index (χ1v) is 8.10. The standard InChI is InChI=1S/C14H21N3OS/c18-14(17-7-3-1-2-4-8-17)9-13-16-11-5-6-15-10-12(11)19-13/h15H,1-10H2. The monoisotopic (exact) mass is 279 g/mol. The van der Waals surface area contributed by atoms with Crippen molar-refractivity contribution in [2.24, 2.45) is 0 Å². The highest BCUT2D eigenvalue weighted by Crippen LogP contribution is 2.22. The molecule has 19 heavy (non-hydrogen) atoms. The molecule has 0 atom stereocenters. The third-order valence-corrected chi connectivity index (χ3v) is 5.01. The van der Waals surface area contributed by atoms with Gasteiger partial charge in [0.2, 0.25) is 5.91 Å². The lowest BCUT2D eigenvalue weighted by molar-refractivity contribution is -0.130. The van der Waals surface area contributed by atoms with E-state index in [1.165, 1.54) is 23.4 Å². The van der Waals surface area contributed by atoms with Gasteiger partial charge in [0.05, 0.1) is 12.1 Å². The number of amides is 1. The predicted molar refractivity (Wildman–Crippen MR) is 76.3 cm³/mol. The predicted octanol–water partition coefficient (Wildman–Crippen LogP) is 1.73. The molecule has 0 spiro atoms. The summed E-state index contributed by atoms with van der Waals surface area (Å²) in [6.45, 7) is 3.80. The summed E-state index contributed by atoms with van der Waals surface area (Å²) in [5.74, 6) is 0.265. The van der Waals surface area contributed by atoms with Crippen molar-refractivity contribution in [2.75, 3.05) is 19.6 Å². The second-order valence-corrected chi connectivity index (χ2v) is 6.54. The fourth-order valence-corrected chi connectivity index (χ4v) is 3.89. The minimum absolute atomic E-state index is 0.265. The quantitative estimate of drug-likeness (QED) is 0.897. The second kappa shape index (κ2) is 6.01. The molecule has 3 heterocycles. The summed E-state index contributed by atoms with van der Waals surface area (Å²) in [7, 11) is 0. The van der Waals surface area contributed by atoms with E-state index >= 15 is 0 Å². The second-order valence-electron chi connectivity index (χ2n) is 5.38. The van der Waals surface area contributed by atoms with Gasteiger partial charge in [0.15, 0.2) is 0 Å². The Morgan fingerprint density at radius 2 is 2.05 bits per heavy atom. The highest BCUT2D eigenvalue weighted by molar-refractivity contribution is 7.11. The highest BCUT2D eigenvalue weighted by atomic mass is 32.1. The van der Waals surface area contributed by atoms with Gasteiger partial charge in [-0.25, -0.2) is 4.98 Å². The smallest absolute Gasteiger partial charge is 0.229 e. The molecular formula is C14H21N3OS. The Balaban J connectivity index is 1.63. The molecule has 0 saturated carbocycles. The zero-order valence-electron chi connectivity index (χ0n) is 11.3. The van der Waals surface area contributed by atoms with Crippen LogP contribution >= 0.6 is 11.3 Å². The Morgan fingerprint density at radius 1 is 1.26 bits per heavy atom. The molecule has 0 radical (unpaired) electrons. The number of nitrogens with one attached hydrogen (secondary N) is 1. The molecular weight excluding hydrogens is 258 g/mol. The van der Waals surface area contributed by atoms with Crippen LogP contribution in [0.15, 0.2) is 0 Å². The summed E-state index contributed by atoms with van der Waals surface area (Å²) in [5, 5.41) is 4.36. The maximum atomic E-state index is 12.3. The summed E-state index contributed by atoms with van der Waals surface area (Å²) in [6.07, 6.45) is 6.34. The topological polar surface area (TPSA) is 45.2 Å². The lowest BCUT2D eigenvalue weighted by Gasteiger charge is -2.19. The Hall–Kier alpha value is -0.940. The van der Waals surface area contributed by atoms with E-state index in [1.807, 2.05) is 4.90 Å². The Labute approximate surface area is 118 Å². The number of thiazole rings is 1. The van der Waals surface area contributed by atoms with Crippen molar-refractivity contribution in [1.82, 2.24) is 15.2 Å². The molecule has 1 fully saturated rings. The van der Waals surface area contributed by atoms with Gasteiger partial charge in [0.1, 0.15) is 5.01 Å². The van der Waals surface area contributed by atoms with Crippen LogP contribution in [-0.2, 0) is 24.2 Å². The molecule has 4 nitrogen and oxygen atoms in total. The average molecular weight is 279 g/mol. The van der Waals surface area contributed by atoms with Crippen molar-refractivity contribution in [3.8, 4) is 0 Å². The summed E-state index contributed by atoms with van der Waals surface area (Å²) in [5.41, 5.74) is 1.21. The first kappa shape index (κ1) is 13.1. The van der Waals surface area contributed by atoms with Crippen molar-refractivity contribution in [3.63, 3.8) is 0 Å². The number of carbonyl (C=O) groups excluding carboxylic acids is 1. The van der Waals surface area contributed by atoms with E-state index < -0.39 is 0 Å². The van der Waals surface area contributed by atoms with Crippen LogP contribution in [0, 0.1) is 0 Å². The molecule has 3 rings (SSSR count). The van der Waals surface area contributed by atoms with Gasteiger partial charge in [0.25, 0.3) is 0 Å². The lowest BCUT2D eigenvalue weighted by Crippen LogP contribution is -2.33. The maximum absolute atomic E-state index is 12.3. The van der Waals surface area contributed by atoms with Crippen LogP contribution in [0.5, 0.6) is 0 Å². The third-order valence-electron chi connectivity index (χ3n) is 3.91. The molecule has 0 unspecified atom stereocenters. The molecule has 2 aliphatic rings. The van der Waals surface area contributed by atoms with Crippen molar-refractivity contribution < 1.29 is 4.79 Å². The van der Waals surface area contributed by atoms with Crippen LogP contribution in [0.1, 0.15) is 41.3 Å². The number of aromatic nitrogens is 1. The van der Waals surface area contributed by atoms with Crippen LogP contribution in [-0.4, -0.2) is 35.4 Å².